The van der Waals surface area contributed by atoms with E-state index in [0.717, 1.165) is 5.39 Å². The maximum absolute atomic E-state index is 11.0. The zero-order chi connectivity index (χ0) is 15.3. The lowest BCUT2D eigenvalue weighted by molar-refractivity contribution is -0.138. The first-order valence-corrected chi connectivity index (χ1v) is 6.85. The molecule has 3 aromatic rings. The highest BCUT2D eigenvalue weighted by Gasteiger charge is 2.23. The van der Waals surface area contributed by atoms with E-state index in [1.807, 2.05) is 26.0 Å². The van der Waals surface area contributed by atoms with E-state index in [4.69, 9.17) is 31.3 Å². The first kappa shape index (κ1) is 14.0. The predicted molar refractivity (Wildman–Crippen MR) is 79.8 cm³/mol. The first-order valence-electron chi connectivity index (χ1n) is 6.47. The Bertz CT molecular complexity index is 804. The van der Waals surface area contributed by atoms with Crippen molar-refractivity contribution in [1.29, 1.82) is 0 Å². The lowest BCUT2D eigenvalue weighted by Gasteiger charge is -2.09. The van der Waals surface area contributed by atoms with Crippen LogP contribution in [0.25, 0.3) is 21.9 Å². The SMILES string of the molecule is Cc1cc2c(CC(N)C(=O)O)c3oc(C)cc3c(Cl)c2o1. The number of aryl methyl sites for hydroxylation is 2. The summed E-state index contributed by atoms with van der Waals surface area (Å²) in [4.78, 5) is 11.0. The molecule has 1 aromatic carbocycles. The molecule has 0 radical (unpaired) electrons. The topological polar surface area (TPSA) is 89.6 Å². The van der Waals surface area contributed by atoms with E-state index in [-0.39, 0.29) is 6.42 Å². The van der Waals surface area contributed by atoms with Crippen LogP contribution in [-0.4, -0.2) is 17.1 Å². The van der Waals surface area contributed by atoms with Gasteiger partial charge in [-0.25, -0.2) is 0 Å². The highest BCUT2D eigenvalue weighted by Crippen LogP contribution is 2.39. The van der Waals surface area contributed by atoms with Crippen LogP contribution in [0.3, 0.4) is 0 Å². The standard InChI is InChI=1S/C15H14ClNO4/c1-6-3-8-9(5-11(17)15(18)19)13-10(4-7(2)20-13)12(16)14(8)21-6/h3-4,11H,5,17H2,1-2H3,(H,18,19). The predicted octanol–water partition coefficient (Wildman–Crippen LogP) is 3.40. The molecular weight excluding hydrogens is 294 g/mol. The molecule has 0 saturated carbocycles. The number of hydrogen-bond acceptors (Lipinski definition) is 4. The summed E-state index contributed by atoms with van der Waals surface area (Å²) in [5, 5.41) is 11.0. The average Bonchev–Trinajstić information content (AvgIpc) is 2.97. The van der Waals surface area contributed by atoms with Crippen LogP contribution < -0.4 is 5.73 Å². The van der Waals surface area contributed by atoms with Gasteiger partial charge in [-0.05, 0) is 26.0 Å². The van der Waals surface area contributed by atoms with Crippen LogP contribution in [0.15, 0.2) is 21.0 Å². The van der Waals surface area contributed by atoms with Crippen LogP contribution in [-0.2, 0) is 11.2 Å². The Morgan fingerprint density at radius 1 is 1.24 bits per heavy atom. The fraction of sp³-hybridized carbons (Fsp3) is 0.267. The van der Waals surface area contributed by atoms with E-state index >= 15 is 0 Å². The summed E-state index contributed by atoms with van der Waals surface area (Å²) in [5.74, 6) is 0.331. The summed E-state index contributed by atoms with van der Waals surface area (Å²) >= 11 is 6.37. The zero-order valence-electron chi connectivity index (χ0n) is 11.6. The highest BCUT2D eigenvalue weighted by atomic mass is 35.5. The third kappa shape index (κ3) is 2.18. The van der Waals surface area contributed by atoms with Crippen molar-refractivity contribution in [2.24, 2.45) is 5.73 Å². The molecule has 5 nitrogen and oxygen atoms in total. The van der Waals surface area contributed by atoms with Crippen molar-refractivity contribution in [3.8, 4) is 0 Å². The molecule has 21 heavy (non-hydrogen) atoms. The molecule has 1 atom stereocenters. The van der Waals surface area contributed by atoms with Crippen molar-refractivity contribution in [3.05, 3.63) is 34.2 Å². The number of hydrogen-bond donors (Lipinski definition) is 2. The summed E-state index contributed by atoms with van der Waals surface area (Å²) in [6, 6.07) is 2.62. The molecule has 2 heterocycles. The number of nitrogens with two attached hydrogens (primary N) is 1. The number of carboxylic acids is 1. The van der Waals surface area contributed by atoms with Crippen molar-refractivity contribution >= 4 is 39.5 Å². The fourth-order valence-corrected chi connectivity index (χ4v) is 2.84. The van der Waals surface area contributed by atoms with Gasteiger partial charge in [0.05, 0.1) is 5.02 Å². The number of aliphatic carboxylic acids is 1. The summed E-state index contributed by atoms with van der Waals surface area (Å²) in [7, 11) is 0. The van der Waals surface area contributed by atoms with Crippen molar-refractivity contribution in [3.63, 3.8) is 0 Å². The third-order valence-electron chi connectivity index (χ3n) is 3.49. The highest BCUT2D eigenvalue weighted by molar-refractivity contribution is 6.40. The largest absolute Gasteiger partial charge is 0.480 e. The second kappa shape index (κ2) is 4.79. The van der Waals surface area contributed by atoms with E-state index in [0.29, 0.717) is 38.7 Å². The van der Waals surface area contributed by atoms with Crippen molar-refractivity contribution in [2.45, 2.75) is 26.3 Å². The van der Waals surface area contributed by atoms with Gasteiger partial charge in [0.1, 0.15) is 23.1 Å². The Kier molecular flexibility index (Phi) is 3.19. The number of halogens is 1. The van der Waals surface area contributed by atoms with E-state index in [2.05, 4.69) is 0 Å². The molecule has 0 fully saturated rings. The van der Waals surface area contributed by atoms with Gasteiger partial charge >= 0.3 is 5.97 Å². The quantitative estimate of drug-likeness (QED) is 0.774. The lowest BCUT2D eigenvalue weighted by atomic mass is 10.00. The molecule has 0 amide bonds. The van der Waals surface area contributed by atoms with Gasteiger partial charge in [0.25, 0.3) is 0 Å². The summed E-state index contributed by atoms with van der Waals surface area (Å²) in [5.41, 5.74) is 7.50. The molecular formula is C15H14ClNO4. The molecule has 0 saturated heterocycles. The van der Waals surface area contributed by atoms with E-state index in [1.165, 1.54) is 0 Å². The summed E-state index contributed by atoms with van der Waals surface area (Å²) in [6.07, 6.45) is 0.144. The summed E-state index contributed by atoms with van der Waals surface area (Å²) < 4.78 is 11.3. The minimum atomic E-state index is -1.06. The molecule has 110 valence electrons. The smallest absolute Gasteiger partial charge is 0.320 e. The molecule has 3 rings (SSSR count). The first-order chi connectivity index (χ1) is 9.88. The normalized spacial score (nSPS) is 13.1. The average molecular weight is 308 g/mol. The molecule has 0 spiro atoms. The van der Waals surface area contributed by atoms with Crippen molar-refractivity contribution in [1.82, 2.24) is 0 Å². The van der Waals surface area contributed by atoms with Gasteiger partial charge in [0.2, 0.25) is 0 Å². The Balaban J connectivity index is 2.36. The molecule has 0 aliphatic heterocycles. The number of carboxylic acid groups (broad SMARTS) is 1. The fourth-order valence-electron chi connectivity index (χ4n) is 2.56. The molecule has 3 N–H and O–H groups in total. The van der Waals surface area contributed by atoms with Gasteiger partial charge in [0.15, 0.2) is 5.58 Å². The number of carbonyl (C=O) groups is 1. The van der Waals surface area contributed by atoms with Crippen LogP contribution in [0.2, 0.25) is 5.02 Å². The van der Waals surface area contributed by atoms with Crippen LogP contribution >= 0.6 is 11.6 Å². The van der Waals surface area contributed by atoms with Crippen LogP contribution in [0, 0.1) is 13.8 Å². The van der Waals surface area contributed by atoms with Crippen LogP contribution in [0.5, 0.6) is 0 Å². The van der Waals surface area contributed by atoms with E-state index in [1.54, 1.807) is 0 Å². The number of rotatable bonds is 3. The molecule has 0 bridgehead atoms. The van der Waals surface area contributed by atoms with Gasteiger partial charge in [-0.2, -0.15) is 0 Å². The molecule has 6 heteroatoms. The van der Waals surface area contributed by atoms with E-state index in [9.17, 15) is 4.79 Å². The van der Waals surface area contributed by atoms with Gasteiger partial charge in [-0.1, -0.05) is 11.6 Å². The maximum atomic E-state index is 11.0. The Morgan fingerprint density at radius 3 is 2.43 bits per heavy atom. The lowest BCUT2D eigenvalue weighted by Crippen LogP contribution is -2.32. The van der Waals surface area contributed by atoms with Crippen molar-refractivity contribution in [2.75, 3.05) is 0 Å². The molecule has 1 unspecified atom stereocenters. The zero-order valence-corrected chi connectivity index (χ0v) is 12.3. The Labute approximate surface area is 125 Å². The maximum Gasteiger partial charge on any atom is 0.320 e. The summed E-state index contributed by atoms with van der Waals surface area (Å²) in [6.45, 7) is 3.62. The minimum absolute atomic E-state index is 0.144. The van der Waals surface area contributed by atoms with Crippen molar-refractivity contribution < 1.29 is 18.7 Å². The van der Waals surface area contributed by atoms with Crippen LogP contribution in [0.4, 0.5) is 0 Å². The number of benzene rings is 1. The Hall–Kier alpha value is -1.98. The molecule has 0 aliphatic carbocycles. The third-order valence-corrected chi connectivity index (χ3v) is 3.86. The second-order valence-corrected chi connectivity index (χ2v) is 5.52. The second-order valence-electron chi connectivity index (χ2n) is 5.14. The van der Waals surface area contributed by atoms with Gasteiger partial charge < -0.3 is 19.7 Å². The number of furan rings is 2. The monoisotopic (exact) mass is 307 g/mol. The van der Waals surface area contributed by atoms with Crippen LogP contribution in [0.1, 0.15) is 17.1 Å². The number of fused-ring (bicyclic) bond motifs is 2. The molecule has 2 aromatic heterocycles. The minimum Gasteiger partial charge on any atom is -0.480 e. The molecule has 0 aliphatic rings. The Morgan fingerprint density at radius 2 is 1.81 bits per heavy atom. The van der Waals surface area contributed by atoms with E-state index < -0.39 is 12.0 Å². The van der Waals surface area contributed by atoms with Gasteiger partial charge in [-0.3, -0.25) is 4.79 Å². The van der Waals surface area contributed by atoms with Gasteiger partial charge in [0, 0.05) is 22.8 Å². The van der Waals surface area contributed by atoms with Gasteiger partial charge in [-0.15, -0.1) is 0 Å².